The van der Waals surface area contributed by atoms with Crippen molar-refractivity contribution in [1.29, 1.82) is 5.26 Å². The first kappa shape index (κ1) is 38.9. The maximum atomic E-state index is 13.2. The molecule has 5 rings (SSSR count). The molecule has 1 fully saturated rings. The number of carbonyl (C=O) groups is 1. The van der Waals surface area contributed by atoms with Gasteiger partial charge < -0.3 is 30.3 Å². The highest BCUT2D eigenvalue weighted by molar-refractivity contribution is 7.85. The number of hydrogen-bond donors (Lipinski definition) is 4. The second-order valence-electron chi connectivity index (χ2n) is 12.6. The predicted molar refractivity (Wildman–Crippen MR) is 202 cm³/mol. The Hall–Kier alpha value is -4.35. The van der Waals surface area contributed by atoms with Crippen LogP contribution in [0.15, 0.2) is 67.0 Å². The second kappa shape index (κ2) is 18.9. The molecular formula is C39H44ClN5O6S. The van der Waals surface area contributed by atoms with Crippen molar-refractivity contribution in [2.45, 2.75) is 39.6 Å². The van der Waals surface area contributed by atoms with Crippen LogP contribution >= 0.6 is 11.6 Å². The number of amides is 1. The molecule has 0 atom stereocenters. The fourth-order valence-corrected chi connectivity index (χ4v) is 7.34. The molecule has 0 unspecified atom stereocenters. The van der Waals surface area contributed by atoms with Gasteiger partial charge in [-0.05, 0) is 59.9 Å². The first-order valence-electron chi connectivity index (χ1n) is 17.1. The Labute approximate surface area is 312 Å². The number of nitriles is 1. The molecule has 1 saturated heterocycles. The van der Waals surface area contributed by atoms with Crippen LogP contribution in [0.3, 0.4) is 0 Å². The molecular weight excluding hydrogens is 702 g/mol. The van der Waals surface area contributed by atoms with Crippen molar-refractivity contribution in [2.75, 3.05) is 50.9 Å². The number of carbonyl (C=O) groups excluding carboxylic acids is 1. The van der Waals surface area contributed by atoms with E-state index in [2.05, 4.69) is 26.6 Å². The topological polar surface area (TPSA) is 157 Å². The maximum Gasteiger partial charge on any atom is 0.251 e. The van der Waals surface area contributed by atoms with Crippen molar-refractivity contribution in [3.63, 3.8) is 0 Å². The van der Waals surface area contributed by atoms with Crippen molar-refractivity contribution in [1.82, 2.24) is 20.5 Å². The molecule has 0 aliphatic carbocycles. The van der Waals surface area contributed by atoms with Crippen LogP contribution in [0, 0.1) is 25.2 Å². The number of aliphatic hydroxyl groups excluding tert-OH is 2. The Balaban J connectivity index is 1.31. The first-order chi connectivity index (χ1) is 25.2. The number of hydrogen-bond acceptors (Lipinski definition) is 10. The summed E-state index contributed by atoms with van der Waals surface area (Å²) in [6.07, 6.45) is 3.11. The van der Waals surface area contributed by atoms with Crippen LogP contribution in [0.5, 0.6) is 11.5 Å². The zero-order valence-electron chi connectivity index (χ0n) is 29.4. The zero-order valence-corrected chi connectivity index (χ0v) is 30.9. The van der Waals surface area contributed by atoms with E-state index in [9.17, 15) is 24.5 Å². The van der Waals surface area contributed by atoms with Crippen molar-refractivity contribution >= 4 is 28.3 Å². The third-order valence-corrected chi connectivity index (χ3v) is 10.7. The molecule has 1 aliphatic rings. The Morgan fingerprint density at radius 2 is 1.69 bits per heavy atom. The van der Waals surface area contributed by atoms with Crippen LogP contribution in [0.2, 0.25) is 5.02 Å². The molecule has 3 aromatic carbocycles. The van der Waals surface area contributed by atoms with Gasteiger partial charge in [0, 0.05) is 90.2 Å². The SMILES string of the molecule is Cc1c(COc2cc(OCc3cncc(C#N)c3)c(CNC(CO)CO)cc2Cl)cccc1-c1cccc(C(=O)NCCN2CCS(=O)CC2)c1C. The van der Waals surface area contributed by atoms with Gasteiger partial charge in [0.2, 0.25) is 0 Å². The number of ether oxygens (including phenoxy) is 2. The van der Waals surface area contributed by atoms with Gasteiger partial charge in [0.15, 0.2) is 0 Å². The first-order valence-corrected chi connectivity index (χ1v) is 19.0. The highest BCUT2D eigenvalue weighted by Crippen LogP contribution is 2.35. The van der Waals surface area contributed by atoms with Gasteiger partial charge in [-0.2, -0.15) is 5.26 Å². The lowest BCUT2D eigenvalue weighted by Crippen LogP contribution is -2.42. The highest BCUT2D eigenvalue weighted by atomic mass is 35.5. The summed E-state index contributed by atoms with van der Waals surface area (Å²) < 4.78 is 24.1. The lowest BCUT2D eigenvalue weighted by molar-refractivity contribution is 0.0948. The summed E-state index contributed by atoms with van der Waals surface area (Å²) in [7, 11) is -0.730. The normalized spacial score (nSPS) is 13.6. The van der Waals surface area contributed by atoms with Gasteiger partial charge in [-0.15, -0.1) is 0 Å². The van der Waals surface area contributed by atoms with Crippen LogP contribution in [0.1, 0.15) is 43.7 Å². The molecule has 1 amide bonds. The Kier molecular flexibility index (Phi) is 14.2. The summed E-state index contributed by atoms with van der Waals surface area (Å²) >= 11 is 6.72. The molecule has 0 spiro atoms. The average Bonchev–Trinajstić information content (AvgIpc) is 3.16. The molecule has 4 aromatic rings. The van der Waals surface area contributed by atoms with Gasteiger partial charge in [-0.1, -0.05) is 41.9 Å². The van der Waals surface area contributed by atoms with Crippen molar-refractivity contribution < 1.29 is 28.7 Å². The molecule has 52 heavy (non-hydrogen) atoms. The van der Waals surface area contributed by atoms with Crippen LogP contribution in [0.25, 0.3) is 11.1 Å². The van der Waals surface area contributed by atoms with Gasteiger partial charge in [0.25, 0.3) is 5.91 Å². The number of halogens is 1. The number of aromatic nitrogens is 1. The number of aliphatic hydroxyl groups is 2. The van der Waals surface area contributed by atoms with E-state index in [0.29, 0.717) is 56.8 Å². The van der Waals surface area contributed by atoms with Crippen molar-refractivity contribution in [3.8, 4) is 28.7 Å². The molecule has 0 saturated carbocycles. The summed E-state index contributed by atoms with van der Waals surface area (Å²) in [4.78, 5) is 19.6. The fraction of sp³-hybridized carbons (Fsp3) is 0.359. The van der Waals surface area contributed by atoms with Gasteiger partial charge >= 0.3 is 0 Å². The molecule has 0 bridgehead atoms. The van der Waals surface area contributed by atoms with E-state index in [4.69, 9.17) is 21.1 Å². The molecule has 274 valence electrons. The third kappa shape index (κ3) is 10.2. The lowest BCUT2D eigenvalue weighted by atomic mass is 9.91. The highest BCUT2D eigenvalue weighted by Gasteiger charge is 2.19. The monoisotopic (exact) mass is 745 g/mol. The minimum atomic E-state index is -0.730. The van der Waals surface area contributed by atoms with E-state index in [0.717, 1.165) is 47.5 Å². The van der Waals surface area contributed by atoms with Gasteiger partial charge in [0.1, 0.15) is 30.8 Å². The quantitative estimate of drug-likeness (QED) is 0.131. The van der Waals surface area contributed by atoms with E-state index in [1.165, 1.54) is 6.20 Å². The Morgan fingerprint density at radius 3 is 2.42 bits per heavy atom. The van der Waals surface area contributed by atoms with E-state index < -0.39 is 16.8 Å². The van der Waals surface area contributed by atoms with E-state index in [-0.39, 0.29) is 38.9 Å². The largest absolute Gasteiger partial charge is 0.488 e. The minimum absolute atomic E-state index is 0.124. The standard InChI is InChI=1S/C39H44ClN5O6S/c1-26-30(5-3-6-33(26)34-7-4-8-35(27(34)2)39(48)43-9-10-45-11-13-52(49)14-12-45)25-51-38-17-37(50-24-29-15-28(18-41)19-42-20-29)31(16-36(38)40)21-44-32(22-46)23-47/h3-8,15-17,19-20,32,44,46-47H,9-14,21-25H2,1-2H3,(H,43,48). The molecule has 11 nitrogen and oxygen atoms in total. The van der Waals surface area contributed by atoms with Crippen LogP contribution < -0.4 is 20.1 Å². The smallest absolute Gasteiger partial charge is 0.251 e. The zero-order chi connectivity index (χ0) is 37.0. The van der Waals surface area contributed by atoms with Crippen LogP contribution in [0.4, 0.5) is 0 Å². The van der Waals surface area contributed by atoms with Crippen molar-refractivity contribution in [2.24, 2.45) is 0 Å². The number of rotatable bonds is 16. The number of benzene rings is 3. The molecule has 1 aliphatic heterocycles. The van der Waals surface area contributed by atoms with Crippen LogP contribution in [-0.4, -0.2) is 87.2 Å². The van der Waals surface area contributed by atoms with E-state index in [1.807, 2.05) is 50.2 Å². The van der Waals surface area contributed by atoms with Crippen LogP contribution in [-0.2, 0) is 30.6 Å². The minimum Gasteiger partial charge on any atom is -0.488 e. The summed E-state index contributed by atoms with van der Waals surface area (Å²) in [6, 6.07) is 18.4. The summed E-state index contributed by atoms with van der Waals surface area (Å²) in [5.74, 6) is 2.13. The summed E-state index contributed by atoms with van der Waals surface area (Å²) in [5.41, 5.74) is 7.20. The fourth-order valence-electron chi connectivity index (χ4n) is 5.97. The molecule has 4 N–H and O–H groups in total. The molecule has 2 heterocycles. The van der Waals surface area contributed by atoms with E-state index in [1.54, 1.807) is 24.4 Å². The second-order valence-corrected chi connectivity index (χ2v) is 14.7. The van der Waals surface area contributed by atoms with Gasteiger partial charge in [0.05, 0.1) is 29.8 Å². The van der Waals surface area contributed by atoms with Gasteiger partial charge in [-0.25, -0.2) is 0 Å². The number of nitrogens with zero attached hydrogens (tertiary/aromatic N) is 3. The number of nitrogens with one attached hydrogen (secondary N) is 2. The van der Waals surface area contributed by atoms with Crippen molar-refractivity contribution in [3.05, 3.63) is 111 Å². The number of pyridine rings is 1. The van der Waals surface area contributed by atoms with E-state index >= 15 is 0 Å². The summed E-state index contributed by atoms with van der Waals surface area (Å²) in [6.45, 7) is 6.93. The lowest BCUT2D eigenvalue weighted by Gasteiger charge is -2.26. The summed E-state index contributed by atoms with van der Waals surface area (Å²) in [5, 5.41) is 34.9. The Morgan fingerprint density at radius 1 is 0.981 bits per heavy atom. The predicted octanol–water partition coefficient (Wildman–Crippen LogP) is 4.29. The van der Waals surface area contributed by atoms with Gasteiger partial charge in [-0.3, -0.25) is 18.9 Å². The average molecular weight is 746 g/mol. The third-order valence-electron chi connectivity index (χ3n) is 9.14. The molecule has 1 aromatic heterocycles. The molecule has 0 radical (unpaired) electrons. The maximum absolute atomic E-state index is 13.2. The molecule has 13 heteroatoms. The Bertz CT molecular complexity index is 1920.